The highest BCUT2D eigenvalue weighted by atomic mass is 16.2. The molecule has 30 heavy (non-hydrogen) atoms. The molecule has 1 atom stereocenters. The number of hydrogen-bond acceptors (Lipinski definition) is 6. The van der Waals surface area contributed by atoms with Crippen molar-refractivity contribution in [3.63, 3.8) is 0 Å². The summed E-state index contributed by atoms with van der Waals surface area (Å²) in [5.41, 5.74) is 2.57. The molecule has 156 valence electrons. The van der Waals surface area contributed by atoms with Gasteiger partial charge >= 0.3 is 0 Å². The van der Waals surface area contributed by atoms with Gasteiger partial charge in [-0.3, -0.25) is 9.59 Å². The third-order valence-electron chi connectivity index (χ3n) is 5.06. The molecule has 7 heteroatoms. The lowest BCUT2D eigenvalue weighted by molar-refractivity contribution is -0.129. The first-order valence-corrected chi connectivity index (χ1v) is 10.1. The highest BCUT2D eigenvalue weighted by Gasteiger charge is 2.22. The number of piperidine rings is 1. The highest BCUT2D eigenvalue weighted by molar-refractivity contribution is 5.97. The Bertz CT molecular complexity index is 993. The fourth-order valence-electron chi connectivity index (χ4n) is 3.48. The van der Waals surface area contributed by atoms with E-state index in [4.69, 9.17) is 0 Å². The fraction of sp³-hybridized carbons (Fsp3) is 0.391. The number of rotatable bonds is 6. The molecule has 1 aromatic carbocycles. The molecule has 0 aliphatic carbocycles. The largest absolute Gasteiger partial charge is 0.350 e. The van der Waals surface area contributed by atoms with Crippen LogP contribution in [0.5, 0.6) is 0 Å². The number of para-hydroxylation sites is 1. The van der Waals surface area contributed by atoms with Crippen molar-refractivity contribution >= 4 is 29.1 Å². The van der Waals surface area contributed by atoms with Gasteiger partial charge in [0.25, 0.3) is 0 Å². The van der Waals surface area contributed by atoms with Gasteiger partial charge in [0.1, 0.15) is 5.82 Å². The first-order valence-electron chi connectivity index (χ1n) is 10.1. The molecule has 7 nitrogen and oxygen atoms in total. The van der Waals surface area contributed by atoms with Crippen LogP contribution in [0.25, 0.3) is 0 Å². The van der Waals surface area contributed by atoms with Crippen LogP contribution in [0, 0.1) is 18.8 Å². The van der Waals surface area contributed by atoms with Crippen LogP contribution in [0.4, 0.5) is 17.5 Å². The molecule has 0 unspecified atom stereocenters. The van der Waals surface area contributed by atoms with Crippen LogP contribution in [-0.2, 0) is 16.0 Å². The van der Waals surface area contributed by atoms with Crippen LogP contribution in [0.15, 0.2) is 30.5 Å². The number of carbonyl (C=O) groups is 2. The summed E-state index contributed by atoms with van der Waals surface area (Å²) in [4.78, 5) is 34.5. The van der Waals surface area contributed by atoms with Crippen molar-refractivity contribution < 1.29 is 9.59 Å². The number of hydrogen-bond donors (Lipinski definition) is 2. The van der Waals surface area contributed by atoms with E-state index >= 15 is 0 Å². The van der Waals surface area contributed by atoms with E-state index in [-0.39, 0.29) is 24.2 Å². The van der Waals surface area contributed by atoms with E-state index in [2.05, 4.69) is 32.4 Å². The Morgan fingerprint density at radius 3 is 2.87 bits per heavy atom. The van der Waals surface area contributed by atoms with Gasteiger partial charge in [0.05, 0.1) is 0 Å². The van der Waals surface area contributed by atoms with Gasteiger partial charge in [-0.1, -0.05) is 24.1 Å². The SMILES string of the molecule is CC#CC(=O)Cc1ccccc1Nc1nc(N[C@H]2CCCN(C(C)=O)C2)ncc1C. The van der Waals surface area contributed by atoms with Crippen molar-refractivity contribution in [2.45, 2.75) is 46.1 Å². The highest BCUT2D eigenvalue weighted by Crippen LogP contribution is 2.24. The molecule has 1 aliphatic heterocycles. The van der Waals surface area contributed by atoms with E-state index in [0.29, 0.717) is 18.3 Å². The van der Waals surface area contributed by atoms with Crippen LogP contribution >= 0.6 is 0 Å². The lowest BCUT2D eigenvalue weighted by atomic mass is 10.1. The number of amides is 1. The Morgan fingerprint density at radius 2 is 2.10 bits per heavy atom. The maximum absolute atomic E-state index is 12.0. The molecule has 1 aromatic heterocycles. The van der Waals surface area contributed by atoms with Crippen LogP contribution in [0.2, 0.25) is 0 Å². The van der Waals surface area contributed by atoms with E-state index in [0.717, 1.165) is 36.2 Å². The van der Waals surface area contributed by atoms with E-state index < -0.39 is 0 Å². The van der Waals surface area contributed by atoms with E-state index in [1.54, 1.807) is 20.0 Å². The van der Waals surface area contributed by atoms with Gasteiger partial charge < -0.3 is 15.5 Å². The second-order valence-electron chi connectivity index (χ2n) is 7.43. The molecule has 1 aliphatic rings. The second kappa shape index (κ2) is 9.88. The lowest BCUT2D eigenvalue weighted by Gasteiger charge is -2.32. The summed E-state index contributed by atoms with van der Waals surface area (Å²) in [6.07, 6.45) is 3.92. The van der Waals surface area contributed by atoms with Crippen molar-refractivity contribution in [3.8, 4) is 11.8 Å². The molecule has 2 heterocycles. The Hall–Kier alpha value is -3.40. The number of carbonyl (C=O) groups excluding carboxylic acids is 2. The summed E-state index contributed by atoms with van der Waals surface area (Å²) >= 11 is 0. The van der Waals surface area contributed by atoms with E-state index in [9.17, 15) is 9.59 Å². The molecule has 2 N–H and O–H groups in total. The van der Waals surface area contributed by atoms with Gasteiger partial charge in [-0.15, -0.1) is 0 Å². The normalized spacial score (nSPS) is 15.7. The van der Waals surface area contributed by atoms with Crippen LogP contribution in [-0.4, -0.2) is 45.7 Å². The minimum Gasteiger partial charge on any atom is -0.350 e. The Morgan fingerprint density at radius 1 is 1.30 bits per heavy atom. The van der Waals surface area contributed by atoms with Gasteiger partial charge in [-0.05, 0) is 44.2 Å². The van der Waals surface area contributed by atoms with Crippen LogP contribution < -0.4 is 10.6 Å². The standard InChI is InChI=1S/C23H27N5O2/c1-4-8-20(30)13-18-9-5-6-11-21(18)26-22-16(2)14-24-23(27-22)25-19-10-7-12-28(15-19)17(3)29/h5-6,9,11,14,19H,7,10,12-13,15H2,1-3H3,(H2,24,25,26,27)/t19-/m0/s1. The van der Waals surface area contributed by atoms with E-state index in [1.165, 1.54) is 0 Å². The number of anilines is 3. The molecule has 2 aromatic rings. The maximum atomic E-state index is 12.0. The number of nitrogens with one attached hydrogen (secondary N) is 2. The molecule has 0 saturated carbocycles. The maximum Gasteiger partial charge on any atom is 0.224 e. The van der Waals surface area contributed by atoms with Gasteiger partial charge in [0.15, 0.2) is 0 Å². The van der Waals surface area contributed by atoms with Crippen molar-refractivity contribution in [2.24, 2.45) is 0 Å². The summed E-state index contributed by atoms with van der Waals surface area (Å²) < 4.78 is 0. The van der Waals surface area contributed by atoms with Gasteiger partial charge in [-0.25, -0.2) is 4.98 Å². The van der Waals surface area contributed by atoms with Crippen LogP contribution in [0.1, 0.15) is 37.8 Å². The third kappa shape index (κ3) is 5.57. The van der Waals surface area contributed by atoms with E-state index in [1.807, 2.05) is 36.1 Å². The molecule has 1 saturated heterocycles. The zero-order chi connectivity index (χ0) is 21.5. The molecule has 0 spiro atoms. The quantitative estimate of drug-likeness (QED) is 0.567. The molecule has 0 radical (unpaired) electrons. The Balaban J connectivity index is 1.75. The average molecular weight is 406 g/mol. The monoisotopic (exact) mass is 405 g/mol. The minimum absolute atomic E-state index is 0.0904. The zero-order valence-corrected chi connectivity index (χ0v) is 17.7. The summed E-state index contributed by atoms with van der Waals surface area (Å²) in [5, 5.41) is 6.69. The lowest BCUT2D eigenvalue weighted by Crippen LogP contribution is -2.44. The molecule has 0 bridgehead atoms. The van der Waals surface area contributed by atoms with Crippen molar-refractivity contribution in [3.05, 3.63) is 41.6 Å². The van der Waals surface area contributed by atoms with Crippen molar-refractivity contribution in [1.82, 2.24) is 14.9 Å². The average Bonchev–Trinajstić information content (AvgIpc) is 2.72. The topological polar surface area (TPSA) is 87.2 Å². The number of aromatic nitrogens is 2. The van der Waals surface area contributed by atoms with Crippen LogP contribution in [0.3, 0.4) is 0 Å². The van der Waals surface area contributed by atoms with Gasteiger partial charge in [0, 0.05) is 49.9 Å². The first kappa shape index (κ1) is 21.3. The number of likely N-dealkylation sites (tertiary alicyclic amines) is 1. The fourth-order valence-corrected chi connectivity index (χ4v) is 3.48. The van der Waals surface area contributed by atoms with Crippen molar-refractivity contribution in [1.29, 1.82) is 0 Å². The summed E-state index contributed by atoms with van der Waals surface area (Å²) in [5.74, 6) is 6.39. The third-order valence-corrected chi connectivity index (χ3v) is 5.06. The number of nitrogens with zero attached hydrogens (tertiary/aromatic N) is 3. The predicted molar refractivity (Wildman–Crippen MR) is 118 cm³/mol. The molecular weight excluding hydrogens is 378 g/mol. The first-order chi connectivity index (χ1) is 14.5. The molecule has 1 amide bonds. The number of benzene rings is 1. The smallest absolute Gasteiger partial charge is 0.224 e. The number of aryl methyl sites for hydroxylation is 1. The number of ketones is 1. The number of Topliss-reactive ketones (excluding diaryl/α,β-unsaturated/α-hetero) is 1. The molecule has 3 rings (SSSR count). The van der Waals surface area contributed by atoms with Gasteiger partial charge in [0.2, 0.25) is 17.6 Å². The molecular formula is C23H27N5O2. The summed E-state index contributed by atoms with van der Waals surface area (Å²) in [6, 6.07) is 7.76. The Labute approximate surface area is 177 Å². The summed E-state index contributed by atoms with van der Waals surface area (Å²) in [7, 11) is 0. The predicted octanol–water partition coefficient (Wildman–Crippen LogP) is 3.09. The Kier molecular flexibility index (Phi) is 7.02. The summed E-state index contributed by atoms with van der Waals surface area (Å²) in [6.45, 7) is 6.64. The second-order valence-corrected chi connectivity index (χ2v) is 7.43. The molecule has 1 fully saturated rings. The zero-order valence-electron chi connectivity index (χ0n) is 17.7. The van der Waals surface area contributed by atoms with Crippen molar-refractivity contribution in [2.75, 3.05) is 23.7 Å². The minimum atomic E-state index is -0.124. The van der Waals surface area contributed by atoms with Gasteiger partial charge in [-0.2, -0.15) is 4.98 Å².